The van der Waals surface area contributed by atoms with E-state index in [0.29, 0.717) is 11.1 Å². The minimum absolute atomic E-state index is 0.0441. The van der Waals surface area contributed by atoms with Crippen LogP contribution in [0.3, 0.4) is 0 Å². The molecule has 0 amide bonds. The van der Waals surface area contributed by atoms with E-state index < -0.39 is 28.2 Å². The molecule has 1 atom stereocenters. The van der Waals surface area contributed by atoms with E-state index in [9.17, 15) is 30.2 Å². The quantitative estimate of drug-likeness (QED) is 0.178. The molecular formula is C20H19N3O6. The first kappa shape index (κ1) is 21.6. The number of nitro benzene ring substituents is 1. The van der Waals surface area contributed by atoms with Gasteiger partial charge in [-0.05, 0) is 31.4 Å². The fraction of sp³-hybridized carbons (Fsp3) is 0.400. The zero-order valence-electron chi connectivity index (χ0n) is 16.0. The molecule has 0 N–H and O–H groups in total. The molecule has 1 fully saturated rings. The van der Waals surface area contributed by atoms with Crippen LogP contribution in [0, 0.1) is 38.2 Å². The molecule has 1 aromatic rings. The Kier molecular flexibility index (Phi) is 6.68. The Morgan fingerprint density at radius 2 is 1.66 bits per heavy atom. The van der Waals surface area contributed by atoms with Crippen LogP contribution < -0.4 is 0 Å². The molecule has 0 radical (unpaired) electrons. The lowest BCUT2D eigenvalue weighted by atomic mass is 9.77. The minimum atomic E-state index is -1.53. The van der Waals surface area contributed by atoms with Gasteiger partial charge in [0.2, 0.25) is 0 Å². The van der Waals surface area contributed by atoms with Crippen molar-refractivity contribution in [3.05, 3.63) is 51.1 Å². The van der Waals surface area contributed by atoms with E-state index in [0.717, 1.165) is 0 Å². The molecule has 0 aliphatic heterocycles. The van der Waals surface area contributed by atoms with Crippen molar-refractivity contribution in [2.75, 3.05) is 13.2 Å². The third-order valence-corrected chi connectivity index (χ3v) is 4.76. The Hall–Kier alpha value is -3.72. The summed E-state index contributed by atoms with van der Waals surface area (Å²) in [6.07, 6.45) is -0.0551. The first-order valence-electron chi connectivity index (χ1n) is 8.96. The zero-order chi connectivity index (χ0) is 21.6. The Balaban J connectivity index is 2.56. The molecule has 0 spiro atoms. The first-order valence-corrected chi connectivity index (χ1v) is 8.96. The third kappa shape index (κ3) is 4.25. The van der Waals surface area contributed by atoms with Crippen molar-refractivity contribution in [2.24, 2.45) is 5.41 Å². The minimum Gasteiger partial charge on any atom is -0.462 e. The Bertz CT molecular complexity index is 902. The van der Waals surface area contributed by atoms with Gasteiger partial charge >= 0.3 is 11.9 Å². The summed E-state index contributed by atoms with van der Waals surface area (Å²) in [7, 11) is 0. The van der Waals surface area contributed by atoms with Gasteiger partial charge in [-0.25, -0.2) is 9.59 Å². The van der Waals surface area contributed by atoms with Gasteiger partial charge in [-0.3, -0.25) is 10.1 Å². The molecule has 0 heterocycles. The molecule has 1 aromatic carbocycles. The highest BCUT2D eigenvalue weighted by atomic mass is 16.6. The van der Waals surface area contributed by atoms with Crippen LogP contribution in [0.2, 0.25) is 0 Å². The molecule has 1 aliphatic rings. The van der Waals surface area contributed by atoms with Crippen LogP contribution in [0.25, 0.3) is 0 Å². The molecular weight excluding hydrogens is 378 g/mol. The van der Waals surface area contributed by atoms with Gasteiger partial charge in [-0.1, -0.05) is 12.1 Å². The second-order valence-corrected chi connectivity index (χ2v) is 6.40. The van der Waals surface area contributed by atoms with E-state index in [2.05, 4.69) is 0 Å². The summed E-state index contributed by atoms with van der Waals surface area (Å²) in [5.41, 5.74) is -1.13. The summed E-state index contributed by atoms with van der Waals surface area (Å²) in [6.45, 7) is 3.27. The number of carbonyl (C=O) groups is 2. The third-order valence-electron chi connectivity index (χ3n) is 4.76. The van der Waals surface area contributed by atoms with Crippen molar-refractivity contribution in [2.45, 2.75) is 32.6 Å². The van der Waals surface area contributed by atoms with Crippen LogP contribution in [0.5, 0.6) is 0 Å². The average Bonchev–Trinajstić information content (AvgIpc) is 3.08. The normalized spacial score (nSPS) is 17.0. The number of non-ortho nitro benzene ring substituents is 1. The van der Waals surface area contributed by atoms with Crippen molar-refractivity contribution in [3.8, 4) is 12.1 Å². The summed E-state index contributed by atoms with van der Waals surface area (Å²) in [5, 5.41) is 30.4. The maximum Gasteiger partial charge on any atom is 0.345 e. The van der Waals surface area contributed by atoms with Gasteiger partial charge in [0.25, 0.3) is 5.69 Å². The molecule has 1 unspecified atom stereocenters. The molecule has 1 aliphatic carbocycles. The molecule has 2 rings (SSSR count). The fourth-order valence-electron chi connectivity index (χ4n) is 3.41. The number of carbonyl (C=O) groups excluding carboxylic acids is 2. The lowest BCUT2D eigenvalue weighted by Crippen LogP contribution is -2.21. The van der Waals surface area contributed by atoms with Gasteiger partial charge in [0.1, 0.15) is 5.57 Å². The topological polar surface area (TPSA) is 143 Å². The Morgan fingerprint density at radius 3 is 2.07 bits per heavy atom. The van der Waals surface area contributed by atoms with E-state index in [1.165, 1.54) is 24.3 Å². The van der Waals surface area contributed by atoms with E-state index in [1.54, 1.807) is 13.8 Å². The summed E-state index contributed by atoms with van der Waals surface area (Å²) in [6, 6.07) is 9.54. The number of rotatable bonds is 6. The van der Waals surface area contributed by atoms with Crippen LogP contribution >= 0.6 is 0 Å². The molecule has 0 bridgehead atoms. The second kappa shape index (κ2) is 8.98. The van der Waals surface area contributed by atoms with Crippen molar-refractivity contribution in [1.82, 2.24) is 0 Å². The van der Waals surface area contributed by atoms with Crippen molar-refractivity contribution in [3.63, 3.8) is 0 Å². The lowest BCUT2D eigenvalue weighted by Gasteiger charge is -2.20. The average molecular weight is 397 g/mol. The van der Waals surface area contributed by atoms with Crippen LogP contribution in [0.1, 0.15) is 38.2 Å². The van der Waals surface area contributed by atoms with Gasteiger partial charge in [-0.15, -0.1) is 0 Å². The highest BCUT2D eigenvalue weighted by Crippen LogP contribution is 2.52. The lowest BCUT2D eigenvalue weighted by molar-refractivity contribution is -0.384. The number of allylic oxidation sites excluding steroid dienone is 1. The number of benzene rings is 1. The van der Waals surface area contributed by atoms with Gasteiger partial charge < -0.3 is 9.47 Å². The van der Waals surface area contributed by atoms with Crippen molar-refractivity contribution < 1.29 is 24.0 Å². The predicted octanol–water partition coefficient (Wildman–Crippen LogP) is 2.93. The first-order chi connectivity index (χ1) is 13.8. The SMILES string of the molecule is CCOC(=O)C(C(=O)OCC)=C1CC(c2ccc([N+](=O)[O-])cc2)C(C#N)(C#N)C1. The number of nitriles is 2. The number of nitrogens with zero attached hydrogens (tertiary/aromatic N) is 3. The number of ether oxygens (including phenoxy) is 2. The van der Waals surface area contributed by atoms with E-state index in [4.69, 9.17) is 9.47 Å². The number of nitro groups is 1. The van der Waals surface area contributed by atoms with Crippen LogP contribution in [-0.4, -0.2) is 30.1 Å². The van der Waals surface area contributed by atoms with Crippen LogP contribution in [-0.2, 0) is 19.1 Å². The number of hydrogen-bond donors (Lipinski definition) is 0. The smallest absolute Gasteiger partial charge is 0.345 e. The summed E-state index contributed by atoms with van der Waals surface area (Å²) < 4.78 is 9.93. The standard InChI is InChI=1S/C20H19N3O6/c1-3-28-18(24)17(19(25)29-4-2)14-9-16(20(10-14,11-21)12-22)13-5-7-15(8-6-13)23(26)27/h5-8,16H,3-4,9-10H2,1-2H3. The summed E-state index contributed by atoms with van der Waals surface area (Å²) in [5.74, 6) is -2.41. The summed E-state index contributed by atoms with van der Waals surface area (Å²) in [4.78, 5) is 35.1. The zero-order valence-corrected chi connectivity index (χ0v) is 16.0. The van der Waals surface area contributed by atoms with Crippen LogP contribution in [0.4, 0.5) is 5.69 Å². The van der Waals surface area contributed by atoms with Gasteiger partial charge in [0.15, 0.2) is 5.41 Å². The highest BCUT2D eigenvalue weighted by Gasteiger charge is 2.49. The van der Waals surface area contributed by atoms with Crippen molar-refractivity contribution in [1.29, 1.82) is 10.5 Å². The Labute approximate surface area is 167 Å². The molecule has 29 heavy (non-hydrogen) atoms. The Morgan fingerprint density at radius 1 is 1.14 bits per heavy atom. The molecule has 0 aromatic heterocycles. The fourth-order valence-corrected chi connectivity index (χ4v) is 3.41. The van der Waals surface area contributed by atoms with Crippen molar-refractivity contribution >= 4 is 17.6 Å². The van der Waals surface area contributed by atoms with Crippen LogP contribution in [0.15, 0.2) is 35.4 Å². The monoisotopic (exact) mass is 397 g/mol. The largest absolute Gasteiger partial charge is 0.462 e. The van der Waals surface area contributed by atoms with E-state index >= 15 is 0 Å². The molecule has 0 saturated heterocycles. The second-order valence-electron chi connectivity index (χ2n) is 6.40. The maximum absolute atomic E-state index is 12.4. The number of hydrogen-bond acceptors (Lipinski definition) is 8. The highest BCUT2D eigenvalue weighted by molar-refractivity contribution is 6.14. The number of esters is 2. The molecule has 1 saturated carbocycles. The van der Waals surface area contributed by atoms with E-state index in [1.807, 2.05) is 12.1 Å². The molecule has 9 heteroatoms. The van der Waals surface area contributed by atoms with Gasteiger partial charge in [0, 0.05) is 24.5 Å². The maximum atomic E-state index is 12.4. The predicted molar refractivity (Wildman–Crippen MR) is 99.0 cm³/mol. The molecule has 150 valence electrons. The summed E-state index contributed by atoms with van der Waals surface area (Å²) >= 11 is 0. The van der Waals surface area contributed by atoms with E-state index in [-0.39, 0.29) is 37.3 Å². The van der Waals surface area contributed by atoms with Gasteiger partial charge in [0.05, 0.1) is 30.3 Å². The van der Waals surface area contributed by atoms with Gasteiger partial charge in [-0.2, -0.15) is 10.5 Å². The molecule has 9 nitrogen and oxygen atoms in total.